The molecule has 0 spiro atoms. The highest BCUT2D eigenvalue weighted by Gasteiger charge is 2.12. The first kappa shape index (κ1) is 11.7. The first-order valence-electron chi connectivity index (χ1n) is 7.10. The molecule has 1 nitrogen and oxygen atoms in total. The largest absolute Gasteiger partial charge is 0.317 e. The van der Waals surface area contributed by atoms with Crippen LogP contribution in [0.5, 0.6) is 0 Å². The van der Waals surface area contributed by atoms with Gasteiger partial charge in [-0.15, -0.1) is 0 Å². The lowest BCUT2D eigenvalue weighted by atomic mass is 9.91. The summed E-state index contributed by atoms with van der Waals surface area (Å²) in [6, 6.07) is 15.5. The zero-order chi connectivity index (χ0) is 12.2. The Hall–Kier alpha value is -1.34. The fourth-order valence-corrected chi connectivity index (χ4v) is 2.94. The molecule has 0 bridgehead atoms. The van der Waals surface area contributed by atoms with Gasteiger partial charge in [-0.1, -0.05) is 42.5 Å². The van der Waals surface area contributed by atoms with E-state index in [-0.39, 0.29) is 0 Å². The number of benzene rings is 2. The van der Waals surface area contributed by atoms with Crippen molar-refractivity contribution in [3.05, 3.63) is 48.0 Å². The van der Waals surface area contributed by atoms with Crippen molar-refractivity contribution >= 4 is 10.8 Å². The van der Waals surface area contributed by atoms with Crippen molar-refractivity contribution in [3.8, 4) is 0 Å². The van der Waals surface area contributed by atoms with Gasteiger partial charge < -0.3 is 5.32 Å². The molecular formula is C17H21N. The Labute approximate surface area is 109 Å². The second kappa shape index (κ2) is 5.53. The monoisotopic (exact) mass is 239 g/mol. The topological polar surface area (TPSA) is 12.0 Å². The maximum atomic E-state index is 3.44. The molecule has 1 heterocycles. The van der Waals surface area contributed by atoms with E-state index in [1.165, 1.54) is 55.1 Å². The molecule has 1 aliphatic heterocycles. The van der Waals surface area contributed by atoms with Crippen molar-refractivity contribution in [2.45, 2.75) is 25.7 Å². The highest BCUT2D eigenvalue weighted by atomic mass is 14.9. The Balaban J connectivity index is 1.66. The van der Waals surface area contributed by atoms with Crippen LogP contribution in [0.1, 0.15) is 24.8 Å². The lowest BCUT2D eigenvalue weighted by Crippen LogP contribution is -2.27. The molecule has 0 saturated carbocycles. The molecule has 0 aliphatic carbocycles. The average Bonchev–Trinajstić information content (AvgIpc) is 2.46. The van der Waals surface area contributed by atoms with Crippen molar-refractivity contribution in [2.75, 3.05) is 13.1 Å². The van der Waals surface area contributed by atoms with Gasteiger partial charge in [0, 0.05) is 0 Å². The van der Waals surface area contributed by atoms with Crippen LogP contribution in [0, 0.1) is 5.92 Å². The summed E-state index contributed by atoms with van der Waals surface area (Å²) in [7, 11) is 0. The fourth-order valence-electron chi connectivity index (χ4n) is 2.94. The third-order valence-electron chi connectivity index (χ3n) is 4.11. The predicted octanol–water partition coefficient (Wildman–Crippen LogP) is 3.77. The Morgan fingerprint density at radius 2 is 1.72 bits per heavy atom. The van der Waals surface area contributed by atoms with Crippen LogP contribution in [0.3, 0.4) is 0 Å². The molecule has 1 aliphatic rings. The highest BCUT2D eigenvalue weighted by molar-refractivity contribution is 5.82. The summed E-state index contributed by atoms with van der Waals surface area (Å²) in [6.07, 6.45) is 5.29. The summed E-state index contributed by atoms with van der Waals surface area (Å²) in [5.74, 6) is 0.928. The van der Waals surface area contributed by atoms with Crippen molar-refractivity contribution in [2.24, 2.45) is 5.92 Å². The van der Waals surface area contributed by atoms with Crippen LogP contribution in [-0.2, 0) is 6.42 Å². The summed E-state index contributed by atoms with van der Waals surface area (Å²) >= 11 is 0. The van der Waals surface area contributed by atoms with Gasteiger partial charge in [-0.3, -0.25) is 0 Å². The van der Waals surface area contributed by atoms with Crippen LogP contribution in [0.25, 0.3) is 10.8 Å². The van der Waals surface area contributed by atoms with Crippen LogP contribution >= 0.6 is 0 Å². The van der Waals surface area contributed by atoms with Gasteiger partial charge in [0.15, 0.2) is 0 Å². The molecule has 1 saturated heterocycles. The van der Waals surface area contributed by atoms with E-state index in [4.69, 9.17) is 0 Å². The van der Waals surface area contributed by atoms with Crippen molar-refractivity contribution in [1.82, 2.24) is 5.32 Å². The van der Waals surface area contributed by atoms with E-state index in [0.717, 1.165) is 5.92 Å². The summed E-state index contributed by atoms with van der Waals surface area (Å²) in [5.41, 5.74) is 1.49. The maximum Gasteiger partial charge on any atom is -0.00463 e. The molecule has 1 heteroatoms. The quantitative estimate of drug-likeness (QED) is 0.859. The molecule has 0 unspecified atom stereocenters. The molecule has 0 aromatic heterocycles. The highest BCUT2D eigenvalue weighted by Crippen LogP contribution is 2.21. The number of fused-ring (bicyclic) bond motifs is 1. The van der Waals surface area contributed by atoms with E-state index in [2.05, 4.69) is 47.8 Å². The molecule has 3 rings (SSSR count). The molecular weight excluding hydrogens is 218 g/mol. The van der Waals surface area contributed by atoms with Crippen LogP contribution in [0.15, 0.2) is 42.5 Å². The Morgan fingerprint density at radius 1 is 0.944 bits per heavy atom. The van der Waals surface area contributed by atoms with Gasteiger partial charge in [-0.2, -0.15) is 0 Å². The van der Waals surface area contributed by atoms with E-state index < -0.39 is 0 Å². The minimum Gasteiger partial charge on any atom is -0.317 e. The Morgan fingerprint density at radius 3 is 2.56 bits per heavy atom. The molecule has 1 fully saturated rings. The molecule has 18 heavy (non-hydrogen) atoms. The van der Waals surface area contributed by atoms with Gasteiger partial charge in [-0.05, 0) is 61.0 Å². The SMILES string of the molecule is c1ccc2cc(CCC3CCNCC3)ccc2c1. The van der Waals surface area contributed by atoms with E-state index in [1.54, 1.807) is 0 Å². The summed E-state index contributed by atoms with van der Waals surface area (Å²) in [4.78, 5) is 0. The van der Waals surface area contributed by atoms with Crippen LogP contribution in [0.2, 0.25) is 0 Å². The second-order valence-electron chi connectivity index (χ2n) is 5.41. The molecule has 1 N–H and O–H groups in total. The van der Waals surface area contributed by atoms with Crippen LogP contribution in [0.4, 0.5) is 0 Å². The third-order valence-corrected chi connectivity index (χ3v) is 4.11. The molecule has 0 amide bonds. The number of rotatable bonds is 3. The van der Waals surface area contributed by atoms with Crippen LogP contribution < -0.4 is 5.32 Å². The second-order valence-corrected chi connectivity index (χ2v) is 5.41. The van der Waals surface area contributed by atoms with Crippen molar-refractivity contribution < 1.29 is 0 Å². The fraction of sp³-hybridized carbons (Fsp3) is 0.412. The number of nitrogens with one attached hydrogen (secondary N) is 1. The first-order valence-corrected chi connectivity index (χ1v) is 7.10. The van der Waals surface area contributed by atoms with E-state index in [0.29, 0.717) is 0 Å². The number of hydrogen-bond donors (Lipinski definition) is 1. The first-order chi connectivity index (χ1) is 8.92. The van der Waals surface area contributed by atoms with Gasteiger partial charge in [0.2, 0.25) is 0 Å². The number of aryl methyl sites for hydroxylation is 1. The molecule has 2 aromatic carbocycles. The normalized spacial score (nSPS) is 17.1. The number of hydrogen-bond acceptors (Lipinski definition) is 1. The smallest absolute Gasteiger partial charge is 0.00463 e. The molecule has 0 atom stereocenters. The third kappa shape index (κ3) is 2.73. The minimum atomic E-state index is 0.928. The maximum absolute atomic E-state index is 3.44. The van der Waals surface area contributed by atoms with Crippen molar-refractivity contribution in [1.29, 1.82) is 0 Å². The van der Waals surface area contributed by atoms with Gasteiger partial charge in [0.05, 0.1) is 0 Å². The standard InChI is InChI=1S/C17H21N/c1-2-4-17-13-15(7-8-16(17)3-1)6-5-14-9-11-18-12-10-14/h1-4,7-8,13-14,18H,5-6,9-12H2. The number of piperidine rings is 1. The molecule has 94 valence electrons. The average molecular weight is 239 g/mol. The van der Waals surface area contributed by atoms with E-state index in [9.17, 15) is 0 Å². The summed E-state index contributed by atoms with van der Waals surface area (Å²) in [5, 5.41) is 6.16. The van der Waals surface area contributed by atoms with Gasteiger partial charge in [-0.25, -0.2) is 0 Å². The minimum absolute atomic E-state index is 0.928. The summed E-state index contributed by atoms with van der Waals surface area (Å²) in [6.45, 7) is 2.42. The lowest BCUT2D eigenvalue weighted by Gasteiger charge is -2.22. The molecule has 2 aromatic rings. The van der Waals surface area contributed by atoms with Gasteiger partial charge in [0.1, 0.15) is 0 Å². The zero-order valence-electron chi connectivity index (χ0n) is 10.9. The van der Waals surface area contributed by atoms with E-state index >= 15 is 0 Å². The Bertz CT molecular complexity index is 512. The van der Waals surface area contributed by atoms with Gasteiger partial charge >= 0.3 is 0 Å². The lowest BCUT2D eigenvalue weighted by molar-refractivity contribution is 0.354. The van der Waals surface area contributed by atoms with Crippen LogP contribution in [-0.4, -0.2) is 13.1 Å². The molecule has 0 radical (unpaired) electrons. The summed E-state index contributed by atoms with van der Waals surface area (Å²) < 4.78 is 0. The Kier molecular flexibility index (Phi) is 3.61. The van der Waals surface area contributed by atoms with Gasteiger partial charge in [0.25, 0.3) is 0 Å². The zero-order valence-corrected chi connectivity index (χ0v) is 10.9. The van der Waals surface area contributed by atoms with E-state index in [1.807, 2.05) is 0 Å². The van der Waals surface area contributed by atoms with Crippen molar-refractivity contribution in [3.63, 3.8) is 0 Å². The predicted molar refractivity (Wildman–Crippen MR) is 77.9 cm³/mol.